The van der Waals surface area contributed by atoms with Gasteiger partial charge in [0.2, 0.25) is 0 Å². The molecule has 15 heteroatoms. The molecular formula is C18H34N4O8S3. The SMILES string of the molecule is CN(SN(C)C(=O)ON=C(CS(C)(=O)=O)C(C)(C)C)C(=O)ON=C(CS(C)(=O)=O)C(C)(C)C. The second-order valence-corrected chi connectivity index (χ2v) is 15.0. The summed E-state index contributed by atoms with van der Waals surface area (Å²) >= 11 is 0.603. The van der Waals surface area contributed by atoms with E-state index < -0.39 is 42.7 Å². The van der Waals surface area contributed by atoms with Gasteiger partial charge in [-0.25, -0.2) is 35.0 Å². The number of hydrogen-bond donors (Lipinski definition) is 0. The lowest BCUT2D eigenvalue weighted by molar-refractivity contribution is 0.129. The van der Waals surface area contributed by atoms with E-state index in [1.165, 1.54) is 14.1 Å². The standard InChI is InChI=1S/C18H34N4O8S3/c1-17(2,3)13(11-32(9,25)26)19-29-15(23)21(7)31-22(8)16(24)30-20-14(18(4,5)6)12-33(10,27)28/h11-12H2,1-10H3. The van der Waals surface area contributed by atoms with Gasteiger partial charge in [0.1, 0.15) is 0 Å². The molecule has 0 spiro atoms. The van der Waals surface area contributed by atoms with Gasteiger partial charge in [-0.05, 0) is 0 Å². The van der Waals surface area contributed by atoms with Crippen molar-refractivity contribution in [2.75, 3.05) is 38.1 Å². The van der Waals surface area contributed by atoms with E-state index in [-0.39, 0.29) is 22.9 Å². The second kappa shape index (κ2) is 11.5. The topological polar surface area (TPSA) is 152 Å². The number of nitrogens with zero attached hydrogens (tertiary/aromatic N) is 4. The maximum atomic E-state index is 12.2. The first-order valence-corrected chi connectivity index (χ1v) is 14.5. The predicted octanol–water partition coefficient (Wildman–Crippen LogP) is 2.58. The summed E-state index contributed by atoms with van der Waals surface area (Å²) in [7, 11) is -4.20. The lowest BCUT2D eigenvalue weighted by Crippen LogP contribution is -2.32. The Morgan fingerprint density at radius 2 is 1.00 bits per heavy atom. The van der Waals surface area contributed by atoms with Gasteiger partial charge in [-0.2, -0.15) is 0 Å². The van der Waals surface area contributed by atoms with Crippen LogP contribution in [0.25, 0.3) is 0 Å². The molecule has 0 heterocycles. The van der Waals surface area contributed by atoms with Gasteiger partial charge < -0.3 is 0 Å². The molecule has 0 aliphatic carbocycles. The summed E-state index contributed by atoms with van der Waals surface area (Å²) in [6.07, 6.45) is 0.154. The van der Waals surface area contributed by atoms with E-state index >= 15 is 0 Å². The third-order valence-electron chi connectivity index (χ3n) is 3.76. The zero-order chi connectivity index (χ0) is 26.4. The van der Waals surface area contributed by atoms with E-state index in [4.69, 9.17) is 9.68 Å². The van der Waals surface area contributed by atoms with Crippen LogP contribution in [0, 0.1) is 10.8 Å². The van der Waals surface area contributed by atoms with Gasteiger partial charge in [0, 0.05) is 37.4 Å². The van der Waals surface area contributed by atoms with Crippen LogP contribution in [-0.4, -0.2) is 87.2 Å². The molecule has 0 fully saturated rings. The van der Waals surface area contributed by atoms with Crippen molar-refractivity contribution in [3.63, 3.8) is 0 Å². The Morgan fingerprint density at radius 3 is 1.21 bits per heavy atom. The highest BCUT2D eigenvalue weighted by molar-refractivity contribution is 7.95. The molecule has 0 unspecified atom stereocenters. The normalized spacial score (nSPS) is 14.0. The van der Waals surface area contributed by atoms with Crippen LogP contribution in [-0.2, 0) is 29.3 Å². The minimum Gasteiger partial charge on any atom is -0.297 e. The van der Waals surface area contributed by atoms with Crippen molar-refractivity contribution in [1.29, 1.82) is 0 Å². The first kappa shape index (κ1) is 31.1. The first-order valence-electron chi connectivity index (χ1n) is 9.60. The van der Waals surface area contributed by atoms with Crippen LogP contribution < -0.4 is 0 Å². The van der Waals surface area contributed by atoms with E-state index in [9.17, 15) is 26.4 Å². The Balaban J connectivity index is 5.23. The van der Waals surface area contributed by atoms with Crippen LogP contribution in [0.15, 0.2) is 10.3 Å². The molecule has 0 aliphatic heterocycles. The molecule has 0 radical (unpaired) electrons. The Morgan fingerprint density at radius 1 is 0.727 bits per heavy atom. The Kier molecular flexibility index (Phi) is 10.9. The van der Waals surface area contributed by atoms with Gasteiger partial charge in [-0.15, -0.1) is 0 Å². The third-order valence-corrected chi connectivity index (χ3v) is 6.14. The molecule has 0 aromatic carbocycles. The summed E-state index contributed by atoms with van der Waals surface area (Å²) in [4.78, 5) is 34.1. The van der Waals surface area contributed by atoms with E-state index in [1.54, 1.807) is 41.5 Å². The summed E-state index contributed by atoms with van der Waals surface area (Å²) in [5, 5.41) is 7.39. The third kappa shape index (κ3) is 13.4. The quantitative estimate of drug-likeness (QED) is 0.199. The van der Waals surface area contributed by atoms with E-state index in [2.05, 4.69) is 10.3 Å². The molecule has 0 bridgehead atoms. The molecule has 0 aromatic rings. The van der Waals surface area contributed by atoms with Gasteiger partial charge in [0.25, 0.3) is 0 Å². The van der Waals surface area contributed by atoms with Gasteiger partial charge in [0.15, 0.2) is 19.7 Å². The highest BCUT2D eigenvalue weighted by atomic mass is 32.2. The fraction of sp³-hybridized carbons (Fsp3) is 0.778. The molecule has 0 aromatic heterocycles. The van der Waals surface area contributed by atoms with Crippen molar-refractivity contribution in [3.05, 3.63) is 0 Å². The van der Waals surface area contributed by atoms with Crippen molar-refractivity contribution in [1.82, 2.24) is 8.61 Å². The molecule has 0 atom stereocenters. The van der Waals surface area contributed by atoms with Gasteiger partial charge in [-0.1, -0.05) is 51.9 Å². The highest BCUT2D eigenvalue weighted by Gasteiger charge is 2.27. The number of carbonyl (C=O) groups is 2. The molecule has 0 saturated carbocycles. The average Bonchev–Trinajstić information content (AvgIpc) is 2.57. The van der Waals surface area contributed by atoms with E-state index in [0.717, 1.165) is 21.1 Å². The van der Waals surface area contributed by atoms with Gasteiger partial charge >= 0.3 is 12.2 Å². The van der Waals surface area contributed by atoms with Crippen LogP contribution in [0.5, 0.6) is 0 Å². The number of oxime groups is 2. The number of hydrogen-bond acceptors (Lipinski definition) is 11. The number of amides is 2. The highest BCUT2D eigenvalue weighted by Crippen LogP contribution is 2.20. The summed E-state index contributed by atoms with van der Waals surface area (Å²) < 4.78 is 48.2. The minimum absolute atomic E-state index is 0.152. The van der Waals surface area contributed by atoms with Crippen molar-refractivity contribution < 1.29 is 36.1 Å². The fourth-order valence-electron chi connectivity index (χ4n) is 1.81. The molecule has 0 N–H and O–H groups in total. The van der Waals surface area contributed by atoms with Crippen LogP contribution in [0.1, 0.15) is 41.5 Å². The lowest BCUT2D eigenvalue weighted by atomic mass is 9.91. The van der Waals surface area contributed by atoms with Crippen molar-refractivity contribution in [2.24, 2.45) is 21.1 Å². The van der Waals surface area contributed by atoms with E-state index in [0.29, 0.717) is 12.1 Å². The summed E-state index contributed by atoms with van der Waals surface area (Å²) in [5.74, 6) is -0.761. The zero-order valence-corrected chi connectivity index (χ0v) is 23.1. The smallest absolute Gasteiger partial charge is 0.297 e. The van der Waals surface area contributed by atoms with E-state index in [1.807, 2.05) is 0 Å². The van der Waals surface area contributed by atoms with Crippen LogP contribution in [0.2, 0.25) is 0 Å². The maximum absolute atomic E-state index is 12.2. The van der Waals surface area contributed by atoms with Gasteiger partial charge in [-0.3, -0.25) is 9.68 Å². The molecule has 192 valence electrons. The molecule has 0 aliphatic rings. The fourth-order valence-corrected chi connectivity index (χ4v) is 4.34. The summed E-state index contributed by atoms with van der Waals surface area (Å²) in [6.45, 7) is 10.4. The van der Waals surface area contributed by atoms with Crippen molar-refractivity contribution in [3.8, 4) is 0 Å². The Bertz CT molecular complexity index is 911. The predicted molar refractivity (Wildman–Crippen MR) is 129 cm³/mol. The lowest BCUT2D eigenvalue weighted by Gasteiger charge is -2.22. The molecule has 12 nitrogen and oxygen atoms in total. The second-order valence-electron chi connectivity index (χ2n) is 9.51. The minimum atomic E-state index is -3.40. The maximum Gasteiger partial charge on any atom is 0.447 e. The van der Waals surface area contributed by atoms with Crippen molar-refractivity contribution >= 4 is 55.4 Å². The van der Waals surface area contributed by atoms with Crippen LogP contribution in [0.3, 0.4) is 0 Å². The molecule has 33 heavy (non-hydrogen) atoms. The summed E-state index contributed by atoms with van der Waals surface area (Å²) in [6, 6.07) is 0. The largest absolute Gasteiger partial charge is 0.447 e. The number of rotatable bonds is 8. The monoisotopic (exact) mass is 530 g/mol. The molecule has 0 saturated heterocycles. The van der Waals surface area contributed by atoms with Gasteiger partial charge in [0.05, 0.1) is 35.1 Å². The number of carbonyl (C=O) groups excluding carboxylic acids is 2. The van der Waals surface area contributed by atoms with Crippen molar-refractivity contribution in [2.45, 2.75) is 41.5 Å². The zero-order valence-electron chi connectivity index (χ0n) is 20.7. The Hall–Kier alpha value is -1.87. The molecule has 2 amide bonds. The molecular weight excluding hydrogens is 496 g/mol. The first-order chi connectivity index (χ1) is 14.5. The van der Waals surface area contributed by atoms with Crippen LogP contribution in [0.4, 0.5) is 9.59 Å². The average molecular weight is 531 g/mol. The Labute approximate surface area is 200 Å². The molecule has 0 rings (SSSR count). The number of sulfone groups is 2. The summed E-state index contributed by atoms with van der Waals surface area (Å²) in [5.41, 5.74) is -1.02. The van der Waals surface area contributed by atoms with Crippen LogP contribution >= 0.6 is 12.1 Å².